The van der Waals surface area contributed by atoms with Crippen molar-refractivity contribution in [1.82, 2.24) is 0 Å². The Balaban J connectivity index is 1.27. The average molecular weight is 917 g/mol. The van der Waals surface area contributed by atoms with E-state index in [2.05, 4.69) is 41.7 Å². The van der Waals surface area contributed by atoms with Gasteiger partial charge < -0.3 is 21.3 Å². The summed E-state index contributed by atoms with van der Waals surface area (Å²) in [5.41, 5.74) is 4.54. The number of hydrogen-bond donors (Lipinski definition) is 4. The molecule has 2 unspecified atom stereocenters. The summed E-state index contributed by atoms with van der Waals surface area (Å²) in [6.45, 7) is 9.34. The number of nitrogens with zero attached hydrogens (tertiary/aromatic N) is 4. The molecule has 4 amide bonds. The first-order valence-electron chi connectivity index (χ1n) is 18.6. The van der Waals surface area contributed by atoms with E-state index < -0.39 is 47.3 Å². The van der Waals surface area contributed by atoms with E-state index in [0.29, 0.717) is 43.9 Å². The summed E-state index contributed by atoms with van der Waals surface area (Å²) in [6.07, 6.45) is 0. The van der Waals surface area contributed by atoms with Gasteiger partial charge in [-0.1, -0.05) is 58.5 Å². The minimum Gasteiger partial charge on any atom is -0.324 e. The van der Waals surface area contributed by atoms with Crippen LogP contribution >= 0.6 is 46.4 Å². The van der Waals surface area contributed by atoms with Crippen molar-refractivity contribution in [2.45, 2.75) is 53.6 Å². The molecular weight excluding hydrogens is 878 g/mol. The van der Waals surface area contributed by atoms with E-state index in [0.717, 1.165) is 11.1 Å². The molecule has 0 aliphatic rings. The molecular formula is C44H38Cl4N8O6. The topological polar surface area (TPSA) is 200 Å². The van der Waals surface area contributed by atoms with E-state index in [4.69, 9.17) is 46.4 Å². The summed E-state index contributed by atoms with van der Waals surface area (Å²) >= 11 is 25.1. The molecule has 0 radical (unpaired) electrons. The highest BCUT2D eigenvalue weighted by molar-refractivity contribution is 6.35. The first-order chi connectivity index (χ1) is 29.3. The van der Waals surface area contributed by atoms with E-state index in [-0.39, 0.29) is 32.5 Å². The number of rotatable bonds is 14. The van der Waals surface area contributed by atoms with Gasteiger partial charge in [-0.05, 0) is 137 Å². The zero-order valence-corrected chi connectivity index (χ0v) is 37.0. The van der Waals surface area contributed by atoms with Crippen molar-refractivity contribution in [1.29, 1.82) is 0 Å². The monoisotopic (exact) mass is 914 g/mol. The van der Waals surface area contributed by atoms with Gasteiger partial charge in [0.25, 0.3) is 23.6 Å². The molecule has 0 spiro atoms. The molecule has 0 fully saturated rings. The molecule has 0 heterocycles. The molecule has 0 aliphatic carbocycles. The number of amides is 4. The number of ketones is 2. The SMILES string of the molecule is CC(=O)C(N=Nc1cc(C(=O)Nc2cc(C)ccc2Cl)ccc1Cl)C(=O)Nc1cc(C)c(NC(=O)C(N=Nc2cc(C(=O)Nc3cc(C)ccc3Cl)ccc2Cl)C(C)=O)cc1C. The Morgan fingerprint density at radius 2 is 0.806 bits per heavy atom. The van der Waals surface area contributed by atoms with E-state index in [1.807, 2.05) is 13.8 Å². The fourth-order valence-electron chi connectivity index (χ4n) is 5.68. The molecule has 18 heteroatoms. The lowest BCUT2D eigenvalue weighted by molar-refractivity contribution is -0.127. The number of nitrogens with one attached hydrogen (secondary N) is 4. The van der Waals surface area contributed by atoms with Gasteiger partial charge in [0.05, 0.1) is 31.5 Å². The van der Waals surface area contributed by atoms with Crippen LogP contribution in [0.15, 0.2) is 105 Å². The number of hydrogen-bond acceptors (Lipinski definition) is 10. The number of anilines is 4. The highest BCUT2D eigenvalue weighted by Gasteiger charge is 2.26. The van der Waals surface area contributed by atoms with Gasteiger partial charge in [0.2, 0.25) is 12.1 Å². The third-order valence-electron chi connectivity index (χ3n) is 9.07. The summed E-state index contributed by atoms with van der Waals surface area (Å²) in [6, 6.07) is 18.8. The number of benzene rings is 5. The molecule has 5 aromatic carbocycles. The minimum absolute atomic E-state index is 0.0351. The van der Waals surface area contributed by atoms with Crippen LogP contribution in [-0.2, 0) is 19.2 Å². The van der Waals surface area contributed by atoms with Gasteiger partial charge in [-0.25, -0.2) is 0 Å². The maximum absolute atomic E-state index is 13.4. The zero-order chi connectivity index (χ0) is 45.4. The number of carbonyl (C=O) groups is 6. The molecule has 5 rings (SSSR count). The quantitative estimate of drug-likeness (QED) is 0.0630. The highest BCUT2D eigenvalue weighted by atomic mass is 35.5. The van der Waals surface area contributed by atoms with Crippen LogP contribution in [-0.4, -0.2) is 47.3 Å². The fraction of sp³-hybridized carbons (Fsp3) is 0.182. The van der Waals surface area contributed by atoms with Crippen LogP contribution in [0.1, 0.15) is 56.8 Å². The smallest absolute Gasteiger partial charge is 0.258 e. The molecule has 0 saturated heterocycles. The van der Waals surface area contributed by atoms with Crippen LogP contribution in [0, 0.1) is 27.7 Å². The van der Waals surface area contributed by atoms with Gasteiger partial charge in [0.15, 0.2) is 11.6 Å². The van der Waals surface area contributed by atoms with Crippen LogP contribution in [0.5, 0.6) is 0 Å². The molecule has 0 aromatic heterocycles. The van der Waals surface area contributed by atoms with E-state index >= 15 is 0 Å². The Labute approximate surface area is 376 Å². The Morgan fingerprint density at radius 1 is 0.452 bits per heavy atom. The van der Waals surface area contributed by atoms with Gasteiger partial charge in [-0.15, -0.1) is 0 Å². The number of aryl methyl sites for hydroxylation is 4. The third-order valence-corrected chi connectivity index (χ3v) is 10.4. The predicted molar refractivity (Wildman–Crippen MR) is 242 cm³/mol. The first-order valence-corrected chi connectivity index (χ1v) is 20.1. The largest absolute Gasteiger partial charge is 0.324 e. The predicted octanol–water partition coefficient (Wildman–Crippen LogP) is 11.4. The second-order valence-corrected chi connectivity index (χ2v) is 15.8. The highest BCUT2D eigenvalue weighted by Crippen LogP contribution is 2.31. The minimum atomic E-state index is -1.59. The van der Waals surface area contributed by atoms with Crippen LogP contribution in [0.3, 0.4) is 0 Å². The summed E-state index contributed by atoms with van der Waals surface area (Å²) in [5, 5.41) is 27.8. The maximum atomic E-state index is 13.4. The van der Waals surface area contributed by atoms with Crippen molar-refractivity contribution in [3.05, 3.63) is 138 Å². The zero-order valence-electron chi connectivity index (χ0n) is 34.0. The normalized spacial score (nSPS) is 12.2. The Bertz CT molecular complexity index is 2520. The van der Waals surface area contributed by atoms with Gasteiger partial charge in [0.1, 0.15) is 11.4 Å². The van der Waals surface area contributed by atoms with Crippen molar-refractivity contribution in [2.24, 2.45) is 20.5 Å². The average Bonchev–Trinajstić information content (AvgIpc) is 3.20. The molecule has 62 heavy (non-hydrogen) atoms. The first kappa shape index (κ1) is 46.7. The Kier molecular flexibility index (Phi) is 15.5. The molecule has 318 valence electrons. The second kappa shape index (κ2) is 20.5. The van der Waals surface area contributed by atoms with Gasteiger partial charge in [-0.3, -0.25) is 28.8 Å². The summed E-state index contributed by atoms with van der Waals surface area (Å²) in [5.74, 6) is -3.88. The summed E-state index contributed by atoms with van der Waals surface area (Å²) < 4.78 is 0. The van der Waals surface area contributed by atoms with Crippen molar-refractivity contribution in [3.63, 3.8) is 0 Å². The van der Waals surface area contributed by atoms with Crippen LogP contribution < -0.4 is 21.3 Å². The molecule has 2 atom stereocenters. The summed E-state index contributed by atoms with van der Waals surface area (Å²) in [4.78, 5) is 78.1. The van der Waals surface area contributed by atoms with Gasteiger partial charge >= 0.3 is 0 Å². The fourth-order valence-corrected chi connectivity index (χ4v) is 6.32. The molecule has 14 nitrogen and oxygen atoms in total. The van der Waals surface area contributed by atoms with Crippen molar-refractivity contribution in [2.75, 3.05) is 21.3 Å². The van der Waals surface area contributed by atoms with Crippen molar-refractivity contribution < 1.29 is 28.8 Å². The van der Waals surface area contributed by atoms with Crippen LogP contribution in [0.2, 0.25) is 20.1 Å². The number of Topliss-reactive ketones (excluding diaryl/α,β-unsaturated/α-hetero) is 2. The van der Waals surface area contributed by atoms with E-state index in [1.165, 1.54) is 50.2 Å². The molecule has 0 aliphatic heterocycles. The van der Waals surface area contributed by atoms with E-state index in [1.54, 1.807) is 62.4 Å². The van der Waals surface area contributed by atoms with Crippen molar-refractivity contribution >= 4 is 116 Å². The molecule has 4 N–H and O–H groups in total. The van der Waals surface area contributed by atoms with E-state index in [9.17, 15) is 28.8 Å². The van der Waals surface area contributed by atoms with Gasteiger partial charge in [0, 0.05) is 22.5 Å². The lowest BCUT2D eigenvalue weighted by Crippen LogP contribution is -2.32. The number of halogens is 4. The molecule has 5 aromatic rings. The number of carbonyl (C=O) groups excluding carboxylic acids is 6. The van der Waals surface area contributed by atoms with Crippen molar-refractivity contribution in [3.8, 4) is 0 Å². The lowest BCUT2D eigenvalue weighted by Gasteiger charge is -2.16. The standard InChI is InChI=1S/C44H38Cl4N8O6/c1-21-7-11-29(45)35(15-21)51-41(59)27-9-13-31(47)37(19-27)53-55-39(25(5)57)43(61)49-33-17-24(4)34(18-23(33)3)50-44(62)40(26(6)58)56-54-38-20-28(10-14-32(38)48)42(60)52-36-16-22(2)8-12-30(36)46/h7-20,39-40H,1-6H3,(H,49,61)(H,50,62)(H,51,59)(H,52,60). The summed E-state index contributed by atoms with van der Waals surface area (Å²) in [7, 11) is 0. The second-order valence-electron chi connectivity index (χ2n) is 14.1. The Morgan fingerprint density at radius 3 is 1.16 bits per heavy atom. The van der Waals surface area contributed by atoms with Gasteiger partial charge in [-0.2, -0.15) is 20.5 Å². The van der Waals surface area contributed by atoms with Crippen LogP contribution in [0.25, 0.3) is 0 Å². The molecule has 0 bridgehead atoms. The maximum Gasteiger partial charge on any atom is 0.258 e. The number of azo groups is 2. The third kappa shape index (κ3) is 11.9. The van der Waals surface area contributed by atoms with Crippen LogP contribution in [0.4, 0.5) is 34.1 Å². The lowest BCUT2D eigenvalue weighted by atomic mass is 10.1. The Hall–Kier alpha value is -6.32. The molecule has 0 saturated carbocycles.